The monoisotopic (exact) mass is 272 g/mol. The Morgan fingerprint density at radius 1 is 0.850 bits per heavy atom. The topological polar surface area (TPSA) is 74.6 Å². The van der Waals surface area contributed by atoms with Crippen LogP contribution in [-0.2, 0) is 0 Å². The van der Waals surface area contributed by atoms with Gasteiger partial charge in [0.2, 0.25) is 0 Å². The number of ketones is 2. The van der Waals surface area contributed by atoms with Gasteiger partial charge in [-0.2, -0.15) is 0 Å². The molecule has 4 heteroatoms. The number of carbonyl (C=O) groups is 2. The third kappa shape index (κ3) is 4.57. The highest BCUT2D eigenvalue weighted by Gasteiger charge is 2.05. The fourth-order valence-electron chi connectivity index (χ4n) is 1.49. The summed E-state index contributed by atoms with van der Waals surface area (Å²) in [7, 11) is 0. The second kappa shape index (κ2) is 7.09. The van der Waals surface area contributed by atoms with Gasteiger partial charge >= 0.3 is 0 Å². The third-order valence-electron chi connectivity index (χ3n) is 2.54. The average molecular weight is 272 g/mol. The van der Waals surface area contributed by atoms with Crippen molar-refractivity contribution in [1.29, 1.82) is 0 Å². The molecule has 0 spiro atoms. The number of phenolic OH excluding ortho intramolecular Hbond substituents is 2. The second-order valence-corrected chi connectivity index (χ2v) is 4.18. The number of aromatic hydroxyl groups is 2. The predicted molar refractivity (Wildman–Crippen MR) is 76.2 cm³/mol. The van der Waals surface area contributed by atoms with Crippen LogP contribution in [-0.4, -0.2) is 21.8 Å². The van der Waals surface area contributed by atoms with E-state index in [4.69, 9.17) is 10.2 Å². The van der Waals surface area contributed by atoms with Crippen molar-refractivity contribution in [2.45, 2.75) is 13.8 Å². The van der Waals surface area contributed by atoms with Crippen molar-refractivity contribution in [3.63, 3.8) is 0 Å². The summed E-state index contributed by atoms with van der Waals surface area (Å²) in [6, 6.07) is 13.1. The van der Waals surface area contributed by atoms with Crippen LogP contribution in [0.3, 0.4) is 0 Å². The van der Waals surface area contributed by atoms with Gasteiger partial charge in [-0.25, -0.2) is 0 Å². The zero-order chi connectivity index (χ0) is 15.1. The molecule has 0 aliphatic carbocycles. The number of benzene rings is 2. The number of hydrogen-bond donors (Lipinski definition) is 2. The molecule has 0 aliphatic heterocycles. The van der Waals surface area contributed by atoms with Crippen molar-refractivity contribution >= 4 is 11.6 Å². The van der Waals surface area contributed by atoms with Gasteiger partial charge in [0, 0.05) is 11.6 Å². The zero-order valence-electron chi connectivity index (χ0n) is 11.3. The number of hydrogen-bond acceptors (Lipinski definition) is 4. The molecule has 2 aromatic carbocycles. The third-order valence-corrected chi connectivity index (χ3v) is 2.54. The highest BCUT2D eigenvalue weighted by Crippen LogP contribution is 2.22. The van der Waals surface area contributed by atoms with E-state index < -0.39 is 0 Å². The maximum Gasteiger partial charge on any atom is 0.163 e. The van der Waals surface area contributed by atoms with Crippen molar-refractivity contribution in [3.05, 3.63) is 59.7 Å². The highest BCUT2D eigenvalue weighted by molar-refractivity contribution is 5.96. The number of carbonyl (C=O) groups excluding carboxylic acids is 2. The molecule has 0 saturated carbocycles. The predicted octanol–water partition coefficient (Wildman–Crippen LogP) is 3.19. The van der Waals surface area contributed by atoms with E-state index >= 15 is 0 Å². The molecule has 0 radical (unpaired) electrons. The van der Waals surface area contributed by atoms with Gasteiger partial charge in [-0.05, 0) is 26.0 Å². The standard InChI is InChI=1S/C8H8O3.C8H8O/c1-5(9)7-3-2-6(10)4-8(7)11;1-7(9)8-5-3-2-4-6-8/h2-4,10-11H,1H3;2-6H,1H3. The van der Waals surface area contributed by atoms with E-state index in [1.165, 1.54) is 19.1 Å². The Labute approximate surface area is 117 Å². The smallest absolute Gasteiger partial charge is 0.163 e. The molecule has 2 rings (SSSR count). The fraction of sp³-hybridized carbons (Fsp3) is 0.125. The van der Waals surface area contributed by atoms with Crippen LogP contribution in [0.1, 0.15) is 34.6 Å². The molecule has 0 amide bonds. The van der Waals surface area contributed by atoms with Crippen LogP contribution < -0.4 is 0 Å². The van der Waals surface area contributed by atoms with Crippen molar-refractivity contribution in [1.82, 2.24) is 0 Å². The molecule has 0 atom stereocenters. The number of Topliss-reactive ketones (excluding diaryl/α,β-unsaturated/α-hetero) is 2. The van der Waals surface area contributed by atoms with Gasteiger partial charge in [-0.3, -0.25) is 9.59 Å². The van der Waals surface area contributed by atoms with Crippen LogP contribution in [0.25, 0.3) is 0 Å². The largest absolute Gasteiger partial charge is 0.508 e. The number of rotatable bonds is 2. The van der Waals surface area contributed by atoms with Crippen molar-refractivity contribution in [2.24, 2.45) is 0 Å². The maximum atomic E-state index is 10.7. The molecule has 2 aromatic rings. The van der Waals surface area contributed by atoms with E-state index in [2.05, 4.69) is 0 Å². The first-order valence-electron chi connectivity index (χ1n) is 6.00. The summed E-state index contributed by atoms with van der Waals surface area (Å²) in [5.41, 5.74) is 1.00. The van der Waals surface area contributed by atoms with Crippen molar-refractivity contribution in [3.8, 4) is 11.5 Å². The highest BCUT2D eigenvalue weighted by atomic mass is 16.3. The molecule has 2 N–H and O–H groups in total. The summed E-state index contributed by atoms with van der Waals surface area (Å²) >= 11 is 0. The Balaban J connectivity index is 0.000000204. The van der Waals surface area contributed by atoms with Crippen LogP contribution in [0.4, 0.5) is 0 Å². The maximum absolute atomic E-state index is 10.7. The molecule has 0 saturated heterocycles. The summed E-state index contributed by atoms with van der Waals surface area (Å²) in [4.78, 5) is 21.4. The molecule has 0 aromatic heterocycles. The lowest BCUT2D eigenvalue weighted by Crippen LogP contribution is -1.91. The Bertz CT molecular complexity index is 603. The Morgan fingerprint density at radius 3 is 1.85 bits per heavy atom. The van der Waals surface area contributed by atoms with E-state index in [1.807, 2.05) is 30.3 Å². The molecule has 0 fully saturated rings. The first-order valence-corrected chi connectivity index (χ1v) is 6.00. The molecule has 0 bridgehead atoms. The molecule has 0 heterocycles. The SMILES string of the molecule is CC(=O)c1ccc(O)cc1O.CC(=O)c1ccccc1. The van der Waals surface area contributed by atoms with Gasteiger partial charge in [0.05, 0.1) is 5.56 Å². The van der Waals surface area contributed by atoms with Crippen LogP contribution in [0.5, 0.6) is 11.5 Å². The van der Waals surface area contributed by atoms with Crippen LogP contribution in [0, 0.1) is 0 Å². The van der Waals surface area contributed by atoms with Gasteiger partial charge < -0.3 is 10.2 Å². The quantitative estimate of drug-likeness (QED) is 0.823. The van der Waals surface area contributed by atoms with E-state index in [0.29, 0.717) is 0 Å². The Morgan fingerprint density at radius 2 is 1.45 bits per heavy atom. The normalized spacial score (nSPS) is 9.30. The van der Waals surface area contributed by atoms with Gasteiger partial charge in [-0.15, -0.1) is 0 Å². The van der Waals surface area contributed by atoms with E-state index in [0.717, 1.165) is 11.6 Å². The summed E-state index contributed by atoms with van der Waals surface area (Å²) in [6.07, 6.45) is 0. The Hall–Kier alpha value is -2.62. The molecule has 20 heavy (non-hydrogen) atoms. The minimum absolute atomic E-state index is 0.0486. The number of phenols is 2. The lowest BCUT2D eigenvalue weighted by atomic mass is 10.1. The van der Waals surface area contributed by atoms with Crippen LogP contribution in [0.15, 0.2) is 48.5 Å². The molecular weight excluding hydrogens is 256 g/mol. The molecule has 104 valence electrons. The average Bonchev–Trinajstić information content (AvgIpc) is 2.40. The molecule has 0 aliphatic rings. The zero-order valence-corrected chi connectivity index (χ0v) is 11.3. The fourth-order valence-corrected chi connectivity index (χ4v) is 1.49. The van der Waals surface area contributed by atoms with Crippen molar-refractivity contribution in [2.75, 3.05) is 0 Å². The van der Waals surface area contributed by atoms with Gasteiger partial charge in [0.25, 0.3) is 0 Å². The summed E-state index contributed by atoms with van der Waals surface area (Å²) in [5, 5.41) is 17.9. The first kappa shape index (κ1) is 15.4. The van der Waals surface area contributed by atoms with Gasteiger partial charge in [0.15, 0.2) is 11.6 Å². The van der Waals surface area contributed by atoms with E-state index in [-0.39, 0.29) is 28.6 Å². The van der Waals surface area contributed by atoms with Crippen molar-refractivity contribution < 1.29 is 19.8 Å². The minimum Gasteiger partial charge on any atom is -0.508 e. The lowest BCUT2D eigenvalue weighted by Gasteiger charge is -1.99. The minimum atomic E-state index is -0.220. The van der Waals surface area contributed by atoms with E-state index in [9.17, 15) is 9.59 Å². The second-order valence-electron chi connectivity index (χ2n) is 4.18. The molecule has 4 nitrogen and oxygen atoms in total. The van der Waals surface area contributed by atoms with Crippen LogP contribution in [0.2, 0.25) is 0 Å². The molecular formula is C16H16O4. The van der Waals surface area contributed by atoms with E-state index in [1.54, 1.807) is 6.92 Å². The first-order chi connectivity index (χ1) is 9.41. The summed E-state index contributed by atoms with van der Waals surface area (Å²) in [6.45, 7) is 2.92. The van der Waals surface area contributed by atoms with Crippen LogP contribution >= 0.6 is 0 Å². The summed E-state index contributed by atoms with van der Waals surface area (Å²) < 4.78 is 0. The molecule has 0 unspecified atom stereocenters. The Kier molecular flexibility index (Phi) is 5.47. The lowest BCUT2D eigenvalue weighted by molar-refractivity contribution is 0.100. The van der Waals surface area contributed by atoms with Gasteiger partial charge in [0.1, 0.15) is 11.5 Å². The van der Waals surface area contributed by atoms with Gasteiger partial charge in [-0.1, -0.05) is 30.3 Å². The summed E-state index contributed by atoms with van der Waals surface area (Å²) in [5.74, 6) is -0.330.